The van der Waals surface area contributed by atoms with Crippen molar-refractivity contribution < 1.29 is 9.21 Å². The van der Waals surface area contributed by atoms with Gasteiger partial charge in [0.2, 0.25) is 5.91 Å². The highest BCUT2D eigenvalue weighted by Crippen LogP contribution is 2.21. The smallest absolute Gasteiger partial charge is 0.237 e. The highest BCUT2D eigenvalue weighted by atomic mass is 32.2. The van der Waals surface area contributed by atoms with Crippen LogP contribution < -0.4 is 5.32 Å². The Bertz CT molecular complexity index is 561. The molecule has 21 heavy (non-hydrogen) atoms. The fourth-order valence-electron chi connectivity index (χ4n) is 1.87. The van der Waals surface area contributed by atoms with E-state index in [0.717, 1.165) is 11.4 Å². The molecule has 0 unspecified atom stereocenters. The predicted octanol–water partition coefficient (Wildman–Crippen LogP) is 4.66. The maximum absolute atomic E-state index is 12.1. The van der Waals surface area contributed by atoms with Crippen LogP contribution in [0.4, 0.5) is 5.69 Å². The summed E-state index contributed by atoms with van der Waals surface area (Å²) in [5.74, 6) is 2.11. The molecule has 3 nitrogen and oxygen atoms in total. The van der Waals surface area contributed by atoms with Crippen molar-refractivity contribution in [2.45, 2.75) is 37.7 Å². The molecule has 1 N–H and O–H groups in total. The molecule has 0 spiro atoms. The number of benzene rings is 1. The number of carbonyl (C=O) groups excluding carboxylic acids is 1. The molecule has 0 aliphatic rings. The van der Waals surface area contributed by atoms with Gasteiger partial charge in [-0.1, -0.05) is 26.0 Å². The van der Waals surface area contributed by atoms with Crippen LogP contribution in [0.15, 0.2) is 47.1 Å². The lowest BCUT2D eigenvalue weighted by Gasteiger charge is -2.12. The van der Waals surface area contributed by atoms with Gasteiger partial charge in [0.15, 0.2) is 0 Å². The zero-order valence-electron chi connectivity index (χ0n) is 12.6. The van der Waals surface area contributed by atoms with Gasteiger partial charge in [-0.2, -0.15) is 0 Å². The van der Waals surface area contributed by atoms with E-state index in [1.807, 2.05) is 31.2 Å². The summed E-state index contributed by atoms with van der Waals surface area (Å²) in [6.45, 7) is 6.22. The van der Waals surface area contributed by atoms with E-state index >= 15 is 0 Å². The minimum absolute atomic E-state index is 0.0175. The standard InChI is InChI=1S/C17H21NO2S/c1-12(2)14-6-8-15(9-7-14)18-17(19)13(3)21-11-16-5-4-10-20-16/h4-10,12-13H,11H2,1-3H3,(H,18,19)/t13-/m1/s1. The number of anilines is 1. The van der Waals surface area contributed by atoms with E-state index in [4.69, 9.17) is 4.42 Å². The van der Waals surface area contributed by atoms with E-state index in [9.17, 15) is 4.79 Å². The Balaban J connectivity index is 1.85. The zero-order valence-corrected chi connectivity index (χ0v) is 13.4. The van der Waals surface area contributed by atoms with Gasteiger partial charge in [-0.15, -0.1) is 11.8 Å². The topological polar surface area (TPSA) is 42.2 Å². The average Bonchev–Trinajstić information content (AvgIpc) is 2.98. The maximum atomic E-state index is 12.1. The highest BCUT2D eigenvalue weighted by Gasteiger charge is 2.14. The summed E-state index contributed by atoms with van der Waals surface area (Å²) in [4.78, 5) is 12.1. The molecular weight excluding hydrogens is 282 g/mol. The molecule has 0 saturated heterocycles. The molecule has 0 saturated carbocycles. The number of nitrogens with one attached hydrogen (secondary N) is 1. The fraction of sp³-hybridized carbons (Fsp3) is 0.353. The van der Waals surface area contributed by atoms with Crippen LogP contribution in [0.2, 0.25) is 0 Å². The van der Waals surface area contributed by atoms with E-state index in [-0.39, 0.29) is 11.2 Å². The third kappa shape index (κ3) is 4.67. The first-order chi connectivity index (χ1) is 10.1. The van der Waals surface area contributed by atoms with E-state index in [2.05, 4.69) is 31.3 Å². The third-order valence-corrected chi connectivity index (χ3v) is 4.44. The average molecular weight is 303 g/mol. The van der Waals surface area contributed by atoms with Crippen molar-refractivity contribution >= 4 is 23.4 Å². The van der Waals surface area contributed by atoms with Crippen LogP contribution >= 0.6 is 11.8 Å². The molecule has 0 aliphatic heterocycles. The van der Waals surface area contributed by atoms with Crippen LogP contribution in [0.5, 0.6) is 0 Å². The minimum atomic E-state index is -0.125. The summed E-state index contributed by atoms with van der Waals surface area (Å²) in [5.41, 5.74) is 2.11. The van der Waals surface area contributed by atoms with Crippen molar-refractivity contribution in [3.8, 4) is 0 Å². The van der Waals surface area contributed by atoms with Crippen molar-refractivity contribution in [3.63, 3.8) is 0 Å². The van der Waals surface area contributed by atoms with Gasteiger partial charge in [0.1, 0.15) is 5.76 Å². The lowest BCUT2D eigenvalue weighted by Crippen LogP contribution is -2.22. The lowest BCUT2D eigenvalue weighted by molar-refractivity contribution is -0.115. The van der Waals surface area contributed by atoms with E-state index in [0.29, 0.717) is 11.7 Å². The number of amides is 1. The Kier molecular flexibility index (Phi) is 5.51. The zero-order chi connectivity index (χ0) is 15.2. The van der Waals surface area contributed by atoms with Gasteiger partial charge < -0.3 is 9.73 Å². The van der Waals surface area contributed by atoms with Crippen molar-refractivity contribution in [1.82, 2.24) is 0 Å². The van der Waals surface area contributed by atoms with Gasteiger partial charge in [0, 0.05) is 5.69 Å². The Morgan fingerprint density at radius 3 is 2.48 bits per heavy atom. The van der Waals surface area contributed by atoms with E-state index < -0.39 is 0 Å². The summed E-state index contributed by atoms with van der Waals surface area (Å²) in [6.07, 6.45) is 1.65. The Labute approximate surface area is 130 Å². The van der Waals surface area contributed by atoms with Crippen molar-refractivity contribution in [2.75, 3.05) is 5.32 Å². The van der Waals surface area contributed by atoms with Crippen LogP contribution in [0, 0.1) is 0 Å². The molecule has 1 aromatic heterocycles. The molecule has 1 aromatic carbocycles. The summed E-state index contributed by atoms with van der Waals surface area (Å²) >= 11 is 1.56. The Morgan fingerprint density at radius 1 is 1.19 bits per heavy atom. The molecule has 112 valence electrons. The van der Waals surface area contributed by atoms with Crippen LogP contribution in [-0.2, 0) is 10.5 Å². The lowest BCUT2D eigenvalue weighted by atomic mass is 10.0. The molecule has 2 rings (SSSR count). The summed E-state index contributed by atoms with van der Waals surface area (Å²) < 4.78 is 5.26. The molecule has 2 aromatic rings. The number of hydrogen-bond acceptors (Lipinski definition) is 3. The number of carbonyl (C=O) groups is 1. The van der Waals surface area contributed by atoms with Gasteiger partial charge in [-0.05, 0) is 42.7 Å². The van der Waals surface area contributed by atoms with Crippen molar-refractivity contribution in [1.29, 1.82) is 0 Å². The first-order valence-corrected chi connectivity index (χ1v) is 8.16. The number of rotatable bonds is 6. The summed E-state index contributed by atoms with van der Waals surface area (Å²) in [6, 6.07) is 11.8. The molecule has 1 atom stereocenters. The maximum Gasteiger partial charge on any atom is 0.237 e. The molecule has 4 heteroatoms. The van der Waals surface area contributed by atoms with Crippen LogP contribution in [-0.4, -0.2) is 11.2 Å². The molecule has 0 bridgehead atoms. The molecule has 1 amide bonds. The molecular formula is C17H21NO2S. The first-order valence-electron chi connectivity index (χ1n) is 7.11. The van der Waals surface area contributed by atoms with Crippen LogP contribution in [0.3, 0.4) is 0 Å². The van der Waals surface area contributed by atoms with Crippen LogP contribution in [0.25, 0.3) is 0 Å². The largest absolute Gasteiger partial charge is 0.468 e. The predicted molar refractivity (Wildman–Crippen MR) is 88.6 cm³/mol. The normalized spacial score (nSPS) is 12.4. The Hall–Kier alpha value is -1.68. The molecule has 1 heterocycles. The summed E-state index contributed by atoms with van der Waals surface area (Å²) in [7, 11) is 0. The van der Waals surface area contributed by atoms with Crippen molar-refractivity contribution in [2.24, 2.45) is 0 Å². The van der Waals surface area contributed by atoms with Crippen molar-refractivity contribution in [3.05, 3.63) is 54.0 Å². The van der Waals surface area contributed by atoms with Gasteiger partial charge in [-0.25, -0.2) is 0 Å². The first kappa shape index (κ1) is 15.7. The monoisotopic (exact) mass is 303 g/mol. The molecule has 0 radical (unpaired) electrons. The fourth-order valence-corrected chi connectivity index (χ4v) is 2.66. The number of furan rings is 1. The second-order valence-corrected chi connectivity index (χ2v) is 6.63. The Morgan fingerprint density at radius 2 is 1.90 bits per heavy atom. The number of hydrogen-bond donors (Lipinski definition) is 1. The van der Waals surface area contributed by atoms with Gasteiger partial charge in [0.25, 0.3) is 0 Å². The quantitative estimate of drug-likeness (QED) is 0.843. The van der Waals surface area contributed by atoms with Gasteiger partial charge in [-0.3, -0.25) is 4.79 Å². The molecule has 0 aliphatic carbocycles. The summed E-state index contributed by atoms with van der Waals surface area (Å²) in [5, 5.41) is 2.82. The highest BCUT2D eigenvalue weighted by molar-refractivity contribution is 7.99. The van der Waals surface area contributed by atoms with Gasteiger partial charge in [0.05, 0.1) is 17.3 Å². The second-order valence-electron chi connectivity index (χ2n) is 5.30. The van der Waals surface area contributed by atoms with E-state index in [1.165, 1.54) is 5.56 Å². The molecule has 0 fully saturated rings. The third-order valence-electron chi connectivity index (χ3n) is 3.27. The van der Waals surface area contributed by atoms with Crippen LogP contribution in [0.1, 0.15) is 38.0 Å². The minimum Gasteiger partial charge on any atom is -0.468 e. The van der Waals surface area contributed by atoms with E-state index in [1.54, 1.807) is 18.0 Å². The SMILES string of the molecule is CC(C)c1ccc(NC(=O)[C@@H](C)SCc2ccco2)cc1. The number of thioether (sulfide) groups is 1. The second kappa shape index (κ2) is 7.36. The van der Waals surface area contributed by atoms with Gasteiger partial charge >= 0.3 is 0 Å².